The Morgan fingerprint density at radius 2 is 0.691 bits per heavy atom. The summed E-state index contributed by atoms with van der Waals surface area (Å²) in [5.74, 6) is 0. The molecule has 0 aliphatic carbocycles. The Hall–Kier alpha value is -6.26. The molecule has 0 N–H and O–H groups in total. The van der Waals surface area contributed by atoms with Crippen molar-refractivity contribution in [1.82, 2.24) is 0 Å². The predicted octanol–water partition coefficient (Wildman–Crippen LogP) is 14.1. The van der Waals surface area contributed by atoms with Gasteiger partial charge < -0.3 is 18.9 Å². The van der Waals surface area contributed by atoms with E-state index in [-0.39, 0.29) is 0 Å². The van der Waals surface area contributed by atoms with Crippen LogP contribution in [0.25, 0.3) is 0 Å². The van der Waals surface area contributed by atoms with Crippen LogP contribution in [-0.4, -0.2) is 0 Å². The summed E-state index contributed by atoms with van der Waals surface area (Å²) in [5.41, 5.74) is 10.4. The van der Waals surface area contributed by atoms with Crippen molar-refractivity contribution in [2.45, 2.75) is 58.1 Å². The molecule has 0 saturated heterocycles. The van der Waals surface area contributed by atoms with Crippen LogP contribution in [0.1, 0.15) is 49.9 Å². The van der Waals surface area contributed by atoms with Crippen LogP contribution in [-0.2, 0) is 20.0 Å². The molecular formula is C60H46N2O2P2S2. The first-order valence-electron chi connectivity index (χ1n) is 23.1. The molecule has 2 unspecified atom stereocenters. The minimum Gasteiger partial charge on any atom is -0.310 e. The Bertz CT molecular complexity index is 3440. The lowest BCUT2D eigenvalue weighted by atomic mass is 9.69. The highest BCUT2D eigenvalue weighted by molar-refractivity contribution is 8.03. The standard InChI is InChI=1S/C60H46N2O2P2S2/c1-59(2)43-23-11-13-25-47(43)61(39-31-33-57-53(35-39)65(63,41-19-7-5-8-20-41)51-27-15-17-29-55(51)67-57)49-38-46-50(37-45(49)59)62(48-26-14-12-24-44(48)60(46,3)4)40-32-34-58-54(36-40)66(64,42-21-9-6-10-22-42)52-28-16-18-30-56(52)68-58/h5-38H,1-4H3. The molecule has 68 heavy (non-hydrogen) atoms. The minimum atomic E-state index is -3.27. The molecule has 0 saturated carbocycles. The third-order valence-corrected chi connectivity index (χ3v) is 23.9. The summed E-state index contributed by atoms with van der Waals surface area (Å²) in [6, 6.07) is 72.2. The first-order valence-corrected chi connectivity index (χ1v) is 28.2. The highest BCUT2D eigenvalue weighted by Crippen LogP contribution is 2.61. The highest BCUT2D eigenvalue weighted by Gasteiger charge is 2.45. The molecule has 9 aromatic carbocycles. The van der Waals surface area contributed by atoms with Gasteiger partial charge in [0.05, 0.1) is 22.7 Å². The molecule has 0 radical (unpaired) electrons. The van der Waals surface area contributed by atoms with E-state index >= 15 is 9.13 Å². The number of hydrogen-bond acceptors (Lipinski definition) is 6. The van der Waals surface area contributed by atoms with Crippen LogP contribution < -0.4 is 41.6 Å². The van der Waals surface area contributed by atoms with Crippen molar-refractivity contribution in [3.05, 3.63) is 229 Å². The summed E-state index contributed by atoms with van der Waals surface area (Å²) in [6.45, 7) is 9.37. The van der Waals surface area contributed by atoms with E-state index in [0.29, 0.717) is 0 Å². The molecule has 8 heteroatoms. The highest BCUT2D eigenvalue weighted by atomic mass is 32.2. The van der Waals surface area contributed by atoms with Gasteiger partial charge in [0.1, 0.15) is 0 Å². The number of anilines is 6. The van der Waals surface area contributed by atoms with Gasteiger partial charge >= 0.3 is 0 Å². The lowest BCUT2D eigenvalue weighted by molar-refractivity contribution is 0.591. The second-order valence-corrected chi connectivity index (χ2v) is 26.7. The van der Waals surface area contributed by atoms with Gasteiger partial charge in [0.15, 0.2) is 14.3 Å². The Morgan fingerprint density at radius 1 is 0.338 bits per heavy atom. The van der Waals surface area contributed by atoms with E-state index in [1.807, 2.05) is 84.9 Å². The second kappa shape index (κ2) is 15.1. The molecule has 13 rings (SSSR count). The summed E-state index contributed by atoms with van der Waals surface area (Å²) in [6.07, 6.45) is 0. The molecule has 330 valence electrons. The van der Waals surface area contributed by atoms with E-state index in [1.54, 1.807) is 23.5 Å². The van der Waals surface area contributed by atoms with Crippen LogP contribution in [0.5, 0.6) is 0 Å². The summed E-state index contributed by atoms with van der Waals surface area (Å²) in [5, 5.41) is 5.20. The van der Waals surface area contributed by atoms with E-state index < -0.39 is 25.1 Å². The van der Waals surface area contributed by atoms with Crippen LogP contribution in [0.15, 0.2) is 226 Å². The van der Waals surface area contributed by atoms with Gasteiger partial charge in [0.2, 0.25) is 0 Å². The largest absolute Gasteiger partial charge is 0.310 e. The molecule has 0 bridgehead atoms. The summed E-state index contributed by atoms with van der Waals surface area (Å²) in [4.78, 5) is 8.96. The van der Waals surface area contributed by atoms with Crippen LogP contribution in [0.4, 0.5) is 34.1 Å². The van der Waals surface area contributed by atoms with Gasteiger partial charge in [-0.3, -0.25) is 0 Å². The fourth-order valence-corrected chi connectivity index (χ4v) is 20.7. The summed E-state index contributed by atoms with van der Waals surface area (Å²) < 4.78 is 32.2. The van der Waals surface area contributed by atoms with E-state index in [4.69, 9.17) is 0 Å². The molecular weight excluding hydrogens is 907 g/mol. The predicted molar refractivity (Wildman–Crippen MR) is 287 cm³/mol. The number of hydrogen-bond donors (Lipinski definition) is 0. The van der Waals surface area contributed by atoms with E-state index in [2.05, 4.69) is 159 Å². The second-order valence-electron chi connectivity index (χ2n) is 19.2. The topological polar surface area (TPSA) is 40.6 Å². The maximum atomic E-state index is 16.1. The van der Waals surface area contributed by atoms with E-state index in [1.165, 1.54) is 22.3 Å². The lowest BCUT2D eigenvalue weighted by Gasteiger charge is -2.47. The van der Waals surface area contributed by atoms with Crippen LogP contribution in [0.3, 0.4) is 0 Å². The third kappa shape index (κ3) is 5.85. The maximum absolute atomic E-state index is 16.1. The molecule has 0 fully saturated rings. The number of nitrogens with zero attached hydrogens (tertiary/aromatic N) is 2. The van der Waals surface area contributed by atoms with Gasteiger partial charge in [-0.15, -0.1) is 0 Å². The van der Waals surface area contributed by atoms with Crippen molar-refractivity contribution in [3.63, 3.8) is 0 Å². The average molecular weight is 953 g/mol. The third-order valence-electron chi connectivity index (χ3n) is 14.7. The molecule has 4 aliphatic heterocycles. The van der Waals surface area contributed by atoms with E-state index in [0.717, 1.165) is 85.5 Å². The zero-order valence-corrected chi connectivity index (χ0v) is 41.5. The summed E-state index contributed by atoms with van der Waals surface area (Å²) in [7, 11) is -6.54. The molecule has 0 amide bonds. The fraction of sp³-hybridized carbons (Fsp3) is 0.100. The number of rotatable bonds is 4. The van der Waals surface area contributed by atoms with Crippen molar-refractivity contribution in [1.29, 1.82) is 0 Å². The molecule has 9 aromatic rings. The maximum Gasteiger partial charge on any atom is 0.173 e. The normalized spacial score (nSPS) is 19.8. The van der Waals surface area contributed by atoms with Crippen LogP contribution >= 0.6 is 37.8 Å². The molecule has 2 atom stereocenters. The zero-order valence-electron chi connectivity index (χ0n) is 38.1. The van der Waals surface area contributed by atoms with Crippen molar-refractivity contribution < 1.29 is 9.13 Å². The van der Waals surface area contributed by atoms with Gasteiger partial charge in [0.25, 0.3) is 0 Å². The Balaban J connectivity index is 1.04. The molecule has 0 spiro atoms. The first kappa shape index (κ1) is 41.9. The van der Waals surface area contributed by atoms with Crippen molar-refractivity contribution in [3.8, 4) is 0 Å². The monoisotopic (exact) mass is 952 g/mol. The number of fused-ring (bicyclic) bond motifs is 8. The SMILES string of the molecule is CC1(C)c2ccccc2N(c2ccc3c(c2)P(=O)(c2ccccc2)c2ccccc2S3)c2cc3c(cc21)N(c1ccc2c(c1)P(=O)(c1ccccc1)c1ccccc1S2)c1ccccc1C3(C)C. The summed E-state index contributed by atoms with van der Waals surface area (Å²) >= 11 is 3.41. The Kier molecular flexibility index (Phi) is 9.31. The van der Waals surface area contributed by atoms with Gasteiger partial charge in [-0.2, -0.15) is 0 Å². The molecule has 0 aromatic heterocycles. The van der Waals surface area contributed by atoms with Crippen molar-refractivity contribution >= 4 is 104 Å². The van der Waals surface area contributed by atoms with Crippen LogP contribution in [0.2, 0.25) is 0 Å². The number of para-hydroxylation sites is 2. The molecule has 4 nitrogen and oxygen atoms in total. The first-order chi connectivity index (χ1) is 33.0. The minimum absolute atomic E-state index is 0.397. The van der Waals surface area contributed by atoms with Crippen molar-refractivity contribution in [2.24, 2.45) is 0 Å². The zero-order chi connectivity index (χ0) is 46.2. The van der Waals surface area contributed by atoms with Gasteiger partial charge in [-0.1, -0.05) is 173 Å². The van der Waals surface area contributed by atoms with E-state index in [9.17, 15) is 0 Å². The molecule has 4 heterocycles. The van der Waals surface area contributed by atoms with Gasteiger partial charge in [-0.05, 0) is 107 Å². The van der Waals surface area contributed by atoms with Gasteiger partial charge in [-0.25, -0.2) is 0 Å². The smallest absolute Gasteiger partial charge is 0.173 e. The van der Waals surface area contributed by atoms with Gasteiger partial charge in [0, 0.05) is 73.6 Å². The van der Waals surface area contributed by atoms with Crippen molar-refractivity contribution in [2.75, 3.05) is 9.80 Å². The molecule has 4 aliphatic rings. The fourth-order valence-electron chi connectivity index (χ4n) is 11.3. The van der Waals surface area contributed by atoms with Crippen LogP contribution in [0, 0.1) is 0 Å². The average Bonchev–Trinajstić information content (AvgIpc) is 3.37. The Morgan fingerprint density at radius 3 is 1.12 bits per heavy atom. The Labute approximate surface area is 406 Å². The quantitative estimate of drug-likeness (QED) is 0.164. The lowest BCUT2D eigenvalue weighted by Crippen LogP contribution is -2.36. The number of benzene rings is 9.